The van der Waals surface area contributed by atoms with Gasteiger partial charge in [0.1, 0.15) is 11.5 Å². The number of halogens is 1. The van der Waals surface area contributed by atoms with Gasteiger partial charge in [0.2, 0.25) is 5.91 Å². The van der Waals surface area contributed by atoms with E-state index in [1.54, 1.807) is 30.3 Å². The highest BCUT2D eigenvalue weighted by atomic mass is 35.5. The maximum atomic E-state index is 12.0. The molecule has 0 aliphatic carbocycles. The van der Waals surface area contributed by atoms with Crippen LogP contribution in [-0.2, 0) is 19.1 Å². The van der Waals surface area contributed by atoms with Crippen LogP contribution in [0.15, 0.2) is 42.5 Å². The molecule has 3 amide bonds. The molecule has 0 unspecified atom stereocenters. The molecule has 0 spiro atoms. The van der Waals surface area contributed by atoms with E-state index in [0.717, 1.165) is 0 Å². The SMILES string of the molecule is COc1ccc(OC)c(NC(=O)COC(=O)CCC(=O)NNC(=O)c2ccccc2Cl)c1. The number of carbonyl (C=O) groups excluding carboxylic acids is 4. The van der Waals surface area contributed by atoms with Crippen molar-refractivity contribution in [3.63, 3.8) is 0 Å². The molecule has 170 valence electrons. The zero-order valence-corrected chi connectivity index (χ0v) is 18.2. The molecule has 0 radical (unpaired) electrons. The molecule has 3 N–H and O–H groups in total. The van der Waals surface area contributed by atoms with Gasteiger partial charge < -0.3 is 19.5 Å². The van der Waals surface area contributed by atoms with Gasteiger partial charge in [0.05, 0.1) is 36.9 Å². The van der Waals surface area contributed by atoms with Gasteiger partial charge in [-0.3, -0.25) is 30.0 Å². The number of amides is 3. The van der Waals surface area contributed by atoms with E-state index in [-0.39, 0.29) is 23.4 Å². The Kier molecular flexibility index (Phi) is 9.30. The van der Waals surface area contributed by atoms with Crippen molar-refractivity contribution in [2.45, 2.75) is 12.8 Å². The van der Waals surface area contributed by atoms with E-state index in [4.69, 9.17) is 25.8 Å². The van der Waals surface area contributed by atoms with Gasteiger partial charge in [-0.25, -0.2) is 0 Å². The van der Waals surface area contributed by atoms with Gasteiger partial charge >= 0.3 is 5.97 Å². The molecule has 0 aromatic heterocycles. The first-order valence-electron chi connectivity index (χ1n) is 9.35. The fourth-order valence-corrected chi connectivity index (χ4v) is 2.66. The number of methoxy groups -OCH3 is 2. The molecule has 11 heteroatoms. The topological polar surface area (TPSA) is 132 Å². The van der Waals surface area contributed by atoms with Crippen molar-refractivity contribution in [1.29, 1.82) is 0 Å². The van der Waals surface area contributed by atoms with Crippen molar-refractivity contribution in [1.82, 2.24) is 10.9 Å². The molecule has 0 saturated heterocycles. The molecule has 0 aliphatic rings. The van der Waals surface area contributed by atoms with E-state index in [9.17, 15) is 19.2 Å². The van der Waals surface area contributed by atoms with Crippen molar-refractivity contribution >= 4 is 41.0 Å². The second kappa shape index (κ2) is 12.2. The van der Waals surface area contributed by atoms with Gasteiger partial charge in [-0.1, -0.05) is 23.7 Å². The number of anilines is 1. The van der Waals surface area contributed by atoms with Crippen molar-refractivity contribution in [2.24, 2.45) is 0 Å². The fraction of sp³-hybridized carbons (Fsp3) is 0.238. The fourth-order valence-electron chi connectivity index (χ4n) is 2.43. The molecular formula is C21H22ClN3O7. The highest BCUT2D eigenvalue weighted by molar-refractivity contribution is 6.33. The first-order chi connectivity index (χ1) is 15.3. The molecular weight excluding hydrogens is 442 g/mol. The number of hydrogen-bond donors (Lipinski definition) is 3. The summed E-state index contributed by atoms with van der Waals surface area (Å²) in [4.78, 5) is 47.6. The molecule has 32 heavy (non-hydrogen) atoms. The van der Waals surface area contributed by atoms with E-state index in [1.165, 1.54) is 26.4 Å². The number of ether oxygens (including phenoxy) is 3. The highest BCUT2D eigenvalue weighted by Gasteiger charge is 2.14. The van der Waals surface area contributed by atoms with E-state index in [1.807, 2.05) is 0 Å². The molecule has 2 aromatic rings. The lowest BCUT2D eigenvalue weighted by molar-refractivity contribution is -0.148. The number of carbonyl (C=O) groups is 4. The molecule has 2 aromatic carbocycles. The number of esters is 1. The Balaban J connectivity index is 1.72. The van der Waals surface area contributed by atoms with E-state index < -0.39 is 30.3 Å². The average molecular weight is 464 g/mol. The molecule has 0 fully saturated rings. The van der Waals surface area contributed by atoms with Crippen molar-refractivity contribution in [2.75, 3.05) is 26.1 Å². The van der Waals surface area contributed by atoms with Crippen LogP contribution >= 0.6 is 11.6 Å². The maximum absolute atomic E-state index is 12.0. The van der Waals surface area contributed by atoms with Crippen molar-refractivity contribution in [3.05, 3.63) is 53.1 Å². The molecule has 0 atom stereocenters. The van der Waals surface area contributed by atoms with Crippen molar-refractivity contribution in [3.8, 4) is 11.5 Å². The molecule has 0 aliphatic heterocycles. The van der Waals surface area contributed by atoms with Crippen LogP contribution in [-0.4, -0.2) is 44.5 Å². The lowest BCUT2D eigenvalue weighted by atomic mass is 10.2. The smallest absolute Gasteiger partial charge is 0.306 e. The first kappa shape index (κ1) is 24.5. The second-order valence-electron chi connectivity index (χ2n) is 6.26. The third kappa shape index (κ3) is 7.47. The number of rotatable bonds is 9. The van der Waals surface area contributed by atoms with Crippen LogP contribution in [0.1, 0.15) is 23.2 Å². The number of hydrazine groups is 1. The summed E-state index contributed by atoms with van der Waals surface area (Å²) >= 11 is 5.90. The molecule has 10 nitrogen and oxygen atoms in total. The second-order valence-corrected chi connectivity index (χ2v) is 6.66. The summed E-state index contributed by atoms with van der Waals surface area (Å²) in [6.45, 7) is -0.552. The third-order valence-corrected chi connectivity index (χ3v) is 4.36. The molecule has 2 rings (SSSR count). The van der Waals surface area contributed by atoms with Gasteiger partial charge in [0.25, 0.3) is 11.8 Å². The summed E-state index contributed by atoms with van der Waals surface area (Å²) in [5.74, 6) is -1.66. The Morgan fingerprint density at radius 1 is 0.906 bits per heavy atom. The van der Waals surface area contributed by atoms with Crippen molar-refractivity contribution < 1.29 is 33.4 Å². The van der Waals surface area contributed by atoms with Gasteiger partial charge in [0.15, 0.2) is 6.61 Å². The zero-order chi connectivity index (χ0) is 23.5. The Bertz CT molecular complexity index is 997. The molecule has 0 saturated carbocycles. The predicted octanol–water partition coefficient (Wildman–Crippen LogP) is 2.08. The third-order valence-electron chi connectivity index (χ3n) is 4.04. The summed E-state index contributed by atoms with van der Waals surface area (Å²) in [7, 11) is 2.92. The minimum Gasteiger partial charge on any atom is -0.497 e. The Labute approximate surface area is 189 Å². The number of benzene rings is 2. The number of hydrogen-bond acceptors (Lipinski definition) is 7. The Morgan fingerprint density at radius 2 is 1.66 bits per heavy atom. The summed E-state index contributed by atoms with van der Waals surface area (Å²) in [5, 5.41) is 2.78. The van der Waals surface area contributed by atoms with Gasteiger partial charge in [-0.15, -0.1) is 0 Å². The highest BCUT2D eigenvalue weighted by Crippen LogP contribution is 2.28. The summed E-state index contributed by atoms with van der Waals surface area (Å²) in [6, 6.07) is 11.2. The van der Waals surface area contributed by atoms with Crippen LogP contribution in [0.3, 0.4) is 0 Å². The average Bonchev–Trinajstić information content (AvgIpc) is 2.80. The Hall–Kier alpha value is -3.79. The first-order valence-corrected chi connectivity index (χ1v) is 9.73. The van der Waals surface area contributed by atoms with Crippen LogP contribution in [0.4, 0.5) is 5.69 Å². The van der Waals surface area contributed by atoms with Crippen LogP contribution in [0.5, 0.6) is 11.5 Å². The predicted molar refractivity (Wildman–Crippen MR) is 115 cm³/mol. The molecule has 0 bridgehead atoms. The lowest BCUT2D eigenvalue weighted by Gasteiger charge is -2.12. The maximum Gasteiger partial charge on any atom is 0.306 e. The van der Waals surface area contributed by atoms with E-state index in [0.29, 0.717) is 17.2 Å². The summed E-state index contributed by atoms with van der Waals surface area (Å²) in [5.41, 5.74) is 4.91. The van der Waals surface area contributed by atoms with Gasteiger partial charge in [-0.2, -0.15) is 0 Å². The van der Waals surface area contributed by atoms with Crippen LogP contribution in [0.25, 0.3) is 0 Å². The minimum absolute atomic E-state index is 0.188. The van der Waals surface area contributed by atoms with E-state index in [2.05, 4.69) is 16.2 Å². The zero-order valence-electron chi connectivity index (χ0n) is 17.4. The van der Waals surface area contributed by atoms with Crippen LogP contribution in [0, 0.1) is 0 Å². The minimum atomic E-state index is -0.759. The summed E-state index contributed by atoms with van der Waals surface area (Å²) in [6.07, 6.45) is -0.545. The standard InChI is InChI=1S/C21H22ClN3O7/c1-30-13-7-8-17(31-2)16(11-13)23-19(27)12-32-20(28)10-9-18(26)24-25-21(29)14-5-3-4-6-15(14)22/h3-8,11H,9-10,12H2,1-2H3,(H,23,27)(H,24,26)(H,25,29). The van der Waals surface area contributed by atoms with Gasteiger partial charge in [0, 0.05) is 12.5 Å². The van der Waals surface area contributed by atoms with E-state index >= 15 is 0 Å². The monoisotopic (exact) mass is 463 g/mol. The van der Waals surface area contributed by atoms with Gasteiger partial charge in [-0.05, 0) is 24.3 Å². The lowest BCUT2D eigenvalue weighted by Crippen LogP contribution is -2.41. The normalized spacial score (nSPS) is 9.97. The van der Waals surface area contributed by atoms with Crippen LogP contribution in [0.2, 0.25) is 5.02 Å². The van der Waals surface area contributed by atoms with Crippen LogP contribution < -0.4 is 25.6 Å². The number of nitrogens with one attached hydrogen (secondary N) is 3. The Morgan fingerprint density at radius 3 is 2.34 bits per heavy atom. The summed E-state index contributed by atoms with van der Waals surface area (Å²) < 4.78 is 15.1. The largest absolute Gasteiger partial charge is 0.497 e. The quantitative estimate of drug-likeness (QED) is 0.383. The molecule has 0 heterocycles.